The zero-order valence-corrected chi connectivity index (χ0v) is 11.4. The van der Waals surface area contributed by atoms with Crippen LogP contribution in [0.3, 0.4) is 0 Å². The van der Waals surface area contributed by atoms with E-state index in [0.29, 0.717) is 17.0 Å². The average Bonchev–Trinajstić information content (AvgIpc) is 2.49. The van der Waals surface area contributed by atoms with Gasteiger partial charge in [0.1, 0.15) is 5.75 Å². The highest BCUT2D eigenvalue weighted by molar-refractivity contribution is 6.02. The van der Waals surface area contributed by atoms with Crippen molar-refractivity contribution in [2.75, 3.05) is 12.4 Å². The summed E-state index contributed by atoms with van der Waals surface area (Å²) < 4.78 is 5.14. The predicted octanol–water partition coefficient (Wildman–Crippen LogP) is 2.76. The van der Waals surface area contributed by atoms with Gasteiger partial charge in [-0.3, -0.25) is 4.79 Å². The average molecular weight is 285 g/mol. The molecule has 0 unspecified atom stereocenters. The number of amides is 1. The Kier molecular flexibility index (Phi) is 4.46. The second-order valence-corrected chi connectivity index (χ2v) is 4.27. The summed E-state index contributed by atoms with van der Waals surface area (Å²) in [6.07, 6.45) is 2.86. The molecule has 0 radical (unpaired) electrons. The molecular formula is C16H15NO4. The van der Waals surface area contributed by atoms with E-state index in [2.05, 4.69) is 5.32 Å². The Morgan fingerprint density at radius 3 is 2.62 bits per heavy atom. The van der Waals surface area contributed by atoms with Crippen LogP contribution in [0.25, 0.3) is 6.08 Å². The van der Waals surface area contributed by atoms with Gasteiger partial charge in [0.15, 0.2) is 11.5 Å². The van der Waals surface area contributed by atoms with Gasteiger partial charge in [-0.05, 0) is 35.9 Å². The highest BCUT2D eigenvalue weighted by Crippen LogP contribution is 2.25. The minimum atomic E-state index is -0.327. The number of hydrogen-bond acceptors (Lipinski definition) is 4. The number of carbonyl (C=O) groups is 1. The summed E-state index contributed by atoms with van der Waals surface area (Å²) in [7, 11) is 1.53. The fourth-order valence-electron chi connectivity index (χ4n) is 1.74. The molecule has 0 aromatic heterocycles. The second kappa shape index (κ2) is 6.47. The molecule has 2 aromatic rings. The van der Waals surface area contributed by atoms with Crippen LogP contribution in [-0.4, -0.2) is 23.2 Å². The van der Waals surface area contributed by atoms with E-state index in [1.165, 1.54) is 31.4 Å². The van der Waals surface area contributed by atoms with Crippen LogP contribution in [0, 0.1) is 0 Å². The van der Waals surface area contributed by atoms with Gasteiger partial charge in [0.2, 0.25) is 5.91 Å². The number of methoxy groups -OCH3 is 1. The molecule has 0 aliphatic heterocycles. The van der Waals surface area contributed by atoms with Crippen LogP contribution in [0.15, 0.2) is 48.5 Å². The highest BCUT2D eigenvalue weighted by atomic mass is 16.5. The number of hydrogen-bond donors (Lipinski definition) is 3. The molecular weight excluding hydrogens is 270 g/mol. The maximum Gasteiger partial charge on any atom is 0.248 e. The first kappa shape index (κ1) is 14.5. The van der Waals surface area contributed by atoms with Crippen molar-refractivity contribution in [1.29, 1.82) is 0 Å². The Labute approximate surface area is 122 Å². The lowest BCUT2D eigenvalue weighted by Gasteiger charge is -2.07. The van der Waals surface area contributed by atoms with Gasteiger partial charge >= 0.3 is 0 Å². The van der Waals surface area contributed by atoms with Crippen molar-refractivity contribution in [3.05, 3.63) is 54.1 Å². The second-order valence-electron chi connectivity index (χ2n) is 4.27. The van der Waals surface area contributed by atoms with E-state index >= 15 is 0 Å². The molecule has 1 amide bonds. The van der Waals surface area contributed by atoms with Gasteiger partial charge in [-0.25, -0.2) is 0 Å². The number of carbonyl (C=O) groups excluding carboxylic acids is 1. The fourth-order valence-corrected chi connectivity index (χ4v) is 1.74. The minimum absolute atomic E-state index is 0.203. The molecule has 5 nitrogen and oxygen atoms in total. The van der Waals surface area contributed by atoms with E-state index in [0.717, 1.165) is 0 Å². The van der Waals surface area contributed by atoms with Crippen LogP contribution < -0.4 is 10.1 Å². The molecule has 0 bridgehead atoms. The molecule has 0 fully saturated rings. The van der Waals surface area contributed by atoms with Gasteiger partial charge in [0.05, 0.1) is 12.8 Å². The van der Waals surface area contributed by atoms with Crippen LogP contribution in [0.2, 0.25) is 0 Å². The van der Waals surface area contributed by atoms with Gasteiger partial charge in [-0.15, -0.1) is 0 Å². The first-order chi connectivity index (χ1) is 10.1. The molecule has 0 heterocycles. The molecule has 0 aliphatic carbocycles. The maximum atomic E-state index is 11.8. The number of anilines is 1. The van der Waals surface area contributed by atoms with Crippen LogP contribution in [-0.2, 0) is 4.79 Å². The van der Waals surface area contributed by atoms with Crippen LogP contribution in [0.5, 0.6) is 17.2 Å². The summed E-state index contributed by atoms with van der Waals surface area (Å²) in [5, 5.41) is 21.3. The summed E-state index contributed by atoms with van der Waals surface area (Å²) in [6, 6.07) is 11.4. The first-order valence-electron chi connectivity index (χ1n) is 6.24. The van der Waals surface area contributed by atoms with Crippen molar-refractivity contribution in [2.45, 2.75) is 0 Å². The normalized spacial score (nSPS) is 10.5. The lowest BCUT2D eigenvalue weighted by Crippen LogP contribution is -2.08. The SMILES string of the molecule is COc1ccccc1NC(=O)/C=C/c1ccc(O)c(O)c1. The van der Waals surface area contributed by atoms with Crippen molar-refractivity contribution in [3.8, 4) is 17.2 Å². The predicted molar refractivity (Wildman–Crippen MR) is 80.4 cm³/mol. The van der Waals surface area contributed by atoms with Gasteiger partial charge in [0, 0.05) is 6.08 Å². The van der Waals surface area contributed by atoms with Crippen LogP contribution in [0.1, 0.15) is 5.56 Å². The topological polar surface area (TPSA) is 78.8 Å². The Balaban J connectivity index is 2.07. The monoisotopic (exact) mass is 285 g/mol. The van der Waals surface area contributed by atoms with E-state index in [9.17, 15) is 15.0 Å². The van der Waals surface area contributed by atoms with E-state index in [-0.39, 0.29) is 17.4 Å². The number of phenols is 2. The molecule has 0 atom stereocenters. The Bertz CT molecular complexity index is 680. The van der Waals surface area contributed by atoms with Gasteiger partial charge < -0.3 is 20.3 Å². The van der Waals surface area contributed by atoms with Crippen molar-refractivity contribution < 1.29 is 19.7 Å². The lowest BCUT2D eigenvalue weighted by atomic mass is 10.2. The molecule has 5 heteroatoms. The Hall–Kier alpha value is -2.95. The molecule has 108 valence electrons. The number of ether oxygens (including phenoxy) is 1. The van der Waals surface area contributed by atoms with E-state index in [1.807, 2.05) is 6.07 Å². The first-order valence-corrected chi connectivity index (χ1v) is 6.24. The summed E-state index contributed by atoms with van der Waals surface area (Å²) in [4.78, 5) is 11.8. The number of phenolic OH excluding ortho intramolecular Hbond substituents is 2. The van der Waals surface area contributed by atoms with Gasteiger partial charge in [-0.2, -0.15) is 0 Å². The molecule has 21 heavy (non-hydrogen) atoms. The van der Waals surface area contributed by atoms with Crippen molar-refractivity contribution >= 4 is 17.7 Å². The van der Waals surface area contributed by atoms with Crippen LogP contribution >= 0.6 is 0 Å². The van der Waals surface area contributed by atoms with Crippen molar-refractivity contribution in [2.24, 2.45) is 0 Å². The lowest BCUT2D eigenvalue weighted by molar-refractivity contribution is -0.111. The minimum Gasteiger partial charge on any atom is -0.504 e. The fraction of sp³-hybridized carbons (Fsp3) is 0.0625. The molecule has 0 aliphatic rings. The number of para-hydroxylation sites is 2. The van der Waals surface area contributed by atoms with Gasteiger partial charge in [0.25, 0.3) is 0 Å². The third-order valence-electron chi connectivity index (χ3n) is 2.79. The molecule has 2 rings (SSSR count). The summed E-state index contributed by atoms with van der Waals surface area (Å²) in [5.41, 5.74) is 1.17. The molecule has 3 N–H and O–H groups in total. The van der Waals surface area contributed by atoms with E-state index < -0.39 is 0 Å². The number of nitrogens with one attached hydrogen (secondary N) is 1. The summed E-state index contributed by atoms with van der Waals surface area (Å²) in [6.45, 7) is 0. The third-order valence-corrected chi connectivity index (χ3v) is 2.79. The van der Waals surface area contributed by atoms with Crippen molar-refractivity contribution in [3.63, 3.8) is 0 Å². The zero-order valence-electron chi connectivity index (χ0n) is 11.4. The van der Waals surface area contributed by atoms with E-state index in [4.69, 9.17) is 4.74 Å². The number of benzene rings is 2. The van der Waals surface area contributed by atoms with E-state index in [1.54, 1.807) is 24.3 Å². The number of rotatable bonds is 4. The Morgan fingerprint density at radius 2 is 1.90 bits per heavy atom. The molecule has 0 spiro atoms. The van der Waals surface area contributed by atoms with Crippen molar-refractivity contribution in [1.82, 2.24) is 0 Å². The van der Waals surface area contributed by atoms with Crippen LogP contribution in [0.4, 0.5) is 5.69 Å². The third kappa shape index (κ3) is 3.76. The molecule has 2 aromatic carbocycles. The maximum absolute atomic E-state index is 11.8. The molecule has 0 saturated carbocycles. The zero-order chi connectivity index (χ0) is 15.2. The summed E-state index contributed by atoms with van der Waals surface area (Å²) in [5.74, 6) is -0.193. The highest BCUT2D eigenvalue weighted by Gasteiger charge is 2.04. The standard InChI is InChI=1S/C16H15NO4/c1-21-15-5-3-2-4-12(15)17-16(20)9-7-11-6-8-13(18)14(19)10-11/h2-10,18-19H,1H3,(H,17,20)/b9-7+. The quantitative estimate of drug-likeness (QED) is 0.596. The van der Waals surface area contributed by atoms with Gasteiger partial charge in [-0.1, -0.05) is 18.2 Å². The summed E-state index contributed by atoms with van der Waals surface area (Å²) >= 11 is 0. The number of aromatic hydroxyl groups is 2. The Morgan fingerprint density at radius 1 is 1.14 bits per heavy atom. The largest absolute Gasteiger partial charge is 0.504 e. The smallest absolute Gasteiger partial charge is 0.248 e. The molecule has 0 saturated heterocycles.